The number of halogens is 1. The van der Waals surface area contributed by atoms with Crippen LogP contribution >= 0.6 is 22.6 Å². The summed E-state index contributed by atoms with van der Waals surface area (Å²) in [6.07, 6.45) is 8.12. The molecule has 5 heteroatoms. The van der Waals surface area contributed by atoms with Crippen molar-refractivity contribution in [3.8, 4) is 0 Å². The standard InChI is InChI=1S/C15H33IO3Si/c1-4-12-17-20(18-13-5-2,19-14-6-3)15-10-8-7-9-11-16/h4-15H2,1-3H3. The maximum atomic E-state index is 6.08. The maximum Gasteiger partial charge on any atom is 0.500 e. The van der Waals surface area contributed by atoms with Crippen LogP contribution in [0.4, 0.5) is 0 Å². The van der Waals surface area contributed by atoms with Crippen LogP contribution in [0.3, 0.4) is 0 Å². The summed E-state index contributed by atoms with van der Waals surface area (Å²) in [6.45, 7) is 8.69. The molecular formula is C15H33IO3Si. The number of hydrogen-bond acceptors (Lipinski definition) is 3. The predicted octanol–water partition coefficient (Wildman–Crippen LogP) is 5.20. The van der Waals surface area contributed by atoms with E-state index < -0.39 is 8.80 Å². The fraction of sp³-hybridized carbons (Fsp3) is 1.00. The van der Waals surface area contributed by atoms with Gasteiger partial charge < -0.3 is 13.3 Å². The molecule has 0 aliphatic rings. The van der Waals surface area contributed by atoms with Gasteiger partial charge in [-0.3, -0.25) is 0 Å². The molecule has 0 bridgehead atoms. The van der Waals surface area contributed by atoms with Gasteiger partial charge in [0.25, 0.3) is 0 Å². The van der Waals surface area contributed by atoms with Crippen LogP contribution in [0.25, 0.3) is 0 Å². The Morgan fingerprint density at radius 3 is 1.55 bits per heavy atom. The van der Waals surface area contributed by atoms with Crippen LogP contribution in [0.15, 0.2) is 0 Å². The van der Waals surface area contributed by atoms with Crippen molar-refractivity contribution in [3.63, 3.8) is 0 Å². The van der Waals surface area contributed by atoms with Crippen molar-refractivity contribution in [1.82, 2.24) is 0 Å². The summed E-state index contributed by atoms with van der Waals surface area (Å²) >= 11 is 2.44. The van der Waals surface area contributed by atoms with E-state index in [4.69, 9.17) is 13.3 Å². The van der Waals surface area contributed by atoms with Gasteiger partial charge in [-0.25, -0.2) is 0 Å². The minimum Gasteiger partial charge on any atom is -0.373 e. The first-order chi connectivity index (χ1) is 9.74. The zero-order chi connectivity index (χ0) is 15.1. The van der Waals surface area contributed by atoms with Crippen molar-refractivity contribution in [2.45, 2.75) is 71.8 Å². The molecule has 0 aromatic carbocycles. The number of rotatable bonds is 15. The van der Waals surface area contributed by atoms with Crippen LogP contribution < -0.4 is 0 Å². The Balaban J connectivity index is 4.34. The second-order valence-corrected chi connectivity index (χ2v) is 8.89. The molecule has 0 atom stereocenters. The molecule has 0 rings (SSSR count). The van der Waals surface area contributed by atoms with E-state index >= 15 is 0 Å². The van der Waals surface area contributed by atoms with E-state index in [0.717, 1.165) is 45.1 Å². The van der Waals surface area contributed by atoms with Crippen molar-refractivity contribution in [2.75, 3.05) is 24.2 Å². The van der Waals surface area contributed by atoms with Gasteiger partial charge in [0.2, 0.25) is 0 Å². The summed E-state index contributed by atoms with van der Waals surface area (Å²) in [4.78, 5) is 0. The van der Waals surface area contributed by atoms with Crippen LogP contribution in [-0.4, -0.2) is 33.1 Å². The SMILES string of the molecule is CCCO[Si](CCCCCCI)(OCCC)OCCC. The molecule has 0 unspecified atom stereocenters. The fourth-order valence-electron chi connectivity index (χ4n) is 1.90. The van der Waals surface area contributed by atoms with Crippen LogP contribution in [0, 0.1) is 0 Å². The molecule has 0 N–H and O–H groups in total. The molecule has 0 amide bonds. The lowest BCUT2D eigenvalue weighted by Crippen LogP contribution is -2.46. The van der Waals surface area contributed by atoms with E-state index in [0.29, 0.717) is 0 Å². The average molecular weight is 416 g/mol. The number of hydrogen-bond donors (Lipinski definition) is 0. The predicted molar refractivity (Wildman–Crippen MR) is 96.6 cm³/mol. The molecule has 0 saturated heterocycles. The first-order valence-electron chi connectivity index (χ1n) is 8.22. The van der Waals surface area contributed by atoms with Gasteiger partial charge in [0, 0.05) is 25.9 Å². The second kappa shape index (κ2) is 14.8. The van der Waals surface area contributed by atoms with Crippen molar-refractivity contribution in [3.05, 3.63) is 0 Å². The molecule has 122 valence electrons. The average Bonchev–Trinajstić information content (AvgIpc) is 2.48. The number of unbranched alkanes of at least 4 members (excludes halogenated alkanes) is 3. The molecule has 0 spiro atoms. The topological polar surface area (TPSA) is 27.7 Å². The Kier molecular flexibility index (Phi) is 15.4. The molecule has 0 heterocycles. The molecule has 0 aliphatic heterocycles. The van der Waals surface area contributed by atoms with Crippen LogP contribution in [0.1, 0.15) is 65.7 Å². The first-order valence-corrected chi connectivity index (χ1v) is 11.7. The lowest BCUT2D eigenvalue weighted by atomic mass is 10.2. The summed E-state index contributed by atoms with van der Waals surface area (Å²) in [6, 6.07) is 0.980. The summed E-state index contributed by atoms with van der Waals surface area (Å²) < 4.78 is 19.5. The highest BCUT2D eigenvalue weighted by molar-refractivity contribution is 14.1. The third kappa shape index (κ3) is 10.5. The lowest BCUT2D eigenvalue weighted by Gasteiger charge is -2.29. The molecule has 0 fully saturated rings. The molecule has 3 nitrogen and oxygen atoms in total. The van der Waals surface area contributed by atoms with Gasteiger partial charge >= 0.3 is 8.80 Å². The van der Waals surface area contributed by atoms with E-state index in [1.165, 1.54) is 30.1 Å². The van der Waals surface area contributed by atoms with Crippen molar-refractivity contribution >= 4 is 31.4 Å². The smallest absolute Gasteiger partial charge is 0.373 e. The second-order valence-electron chi connectivity index (χ2n) is 5.08. The van der Waals surface area contributed by atoms with Gasteiger partial charge in [-0.05, 0) is 36.5 Å². The quantitative estimate of drug-likeness (QED) is 0.159. The van der Waals surface area contributed by atoms with Gasteiger partial charge in [0.15, 0.2) is 0 Å². The highest BCUT2D eigenvalue weighted by Crippen LogP contribution is 2.21. The Morgan fingerprint density at radius 2 is 1.15 bits per heavy atom. The summed E-state index contributed by atoms with van der Waals surface area (Å²) in [5.74, 6) is 0. The first kappa shape index (κ1) is 20.8. The molecule has 0 aromatic heterocycles. The molecule has 20 heavy (non-hydrogen) atoms. The Labute approximate surface area is 140 Å². The Bertz CT molecular complexity index is 184. The number of alkyl halides is 1. The van der Waals surface area contributed by atoms with E-state index in [9.17, 15) is 0 Å². The normalized spacial score (nSPS) is 12.0. The third-order valence-corrected chi connectivity index (χ3v) is 6.61. The molecule has 0 radical (unpaired) electrons. The van der Waals surface area contributed by atoms with E-state index in [2.05, 4.69) is 43.4 Å². The van der Waals surface area contributed by atoms with Crippen LogP contribution in [0.5, 0.6) is 0 Å². The van der Waals surface area contributed by atoms with Crippen LogP contribution in [-0.2, 0) is 13.3 Å². The molecule has 0 saturated carbocycles. The molecule has 0 aliphatic carbocycles. The minimum absolute atomic E-state index is 0.757. The van der Waals surface area contributed by atoms with Gasteiger partial charge in [-0.2, -0.15) is 0 Å². The largest absolute Gasteiger partial charge is 0.500 e. The minimum atomic E-state index is -2.42. The summed E-state index contributed by atoms with van der Waals surface area (Å²) in [7, 11) is -2.42. The third-order valence-electron chi connectivity index (χ3n) is 2.94. The fourth-order valence-corrected chi connectivity index (χ4v) is 5.35. The lowest BCUT2D eigenvalue weighted by molar-refractivity contribution is 0.0586. The highest BCUT2D eigenvalue weighted by Gasteiger charge is 2.40. The monoisotopic (exact) mass is 416 g/mol. The van der Waals surface area contributed by atoms with E-state index in [1.54, 1.807) is 0 Å². The van der Waals surface area contributed by atoms with Crippen molar-refractivity contribution in [1.29, 1.82) is 0 Å². The molecule has 0 aromatic rings. The van der Waals surface area contributed by atoms with Crippen LogP contribution in [0.2, 0.25) is 6.04 Å². The highest BCUT2D eigenvalue weighted by atomic mass is 127. The van der Waals surface area contributed by atoms with E-state index in [1.807, 2.05) is 0 Å². The van der Waals surface area contributed by atoms with Gasteiger partial charge in [0.1, 0.15) is 0 Å². The summed E-state index contributed by atoms with van der Waals surface area (Å²) in [5.41, 5.74) is 0. The van der Waals surface area contributed by atoms with Gasteiger partial charge in [-0.1, -0.05) is 56.2 Å². The van der Waals surface area contributed by atoms with Crippen molar-refractivity contribution < 1.29 is 13.3 Å². The Hall–Kier alpha value is 0.827. The van der Waals surface area contributed by atoms with E-state index in [-0.39, 0.29) is 0 Å². The zero-order valence-corrected chi connectivity index (χ0v) is 16.7. The summed E-state index contributed by atoms with van der Waals surface area (Å²) in [5, 5.41) is 0. The van der Waals surface area contributed by atoms with Gasteiger partial charge in [0.05, 0.1) is 0 Å². The van der Waals surface area contributed by atoms with Crippen molar-refractivity contribution in [2.24, 2.45) is 0 Å². The zero-order valence-electron chi connectivity index (χ0n) is 13.6. The maximum absolute atomic E-state index is 6.08. The van der Waals surface area contributed by atoms with Gasteiger partial charge in [-0.15, -0.1) is 0 Å². The Morgan fingerprint density at radius 1 is 0.700 bits per heavy atom. The molecular weight excluding hydrogens is 383 g/mol.